The molecule has 0 aliphatic carbocycles. The molecule has 6 nitrogen and oxygen atoms in total. The average Bonchev–Trinajstić information content (AvgIpc) is 2.24. The number of unbranched alkanes of at least 4 members (excludes halogenated alkanes) is 1. The van der Waals surface area contributed by atoms with Gasteiger partial charge in [-0.15, -0.1) is 0 Å². The largest absolute Gasteiger partial charge is 0.490 e. The predicted molar refractivity (Wildman–Crippen MR) is 54.8 cm³/mol. The molecule has 0 heterocycles. The first-order valence-corrected chi connectivity index (χ1v) is 5.00. The summed E-state index contributed by atoms with van der Waals surface area (Å²) in [6.45, 7) is 1.99. The van der Waals surface area contributed by atoms with Gasteiger partial charge >= 0.3 is 18.1 Å². The number of hydrogen-bond donors (Lipinski definition) is 4. The van der Waals surface area contributed by atoms with Crippen LogP contribution in [0.1, 0.15) is 26.2 Å². The molecule has 0 saturated heterocycles. The highest BCUT2D eigenvalue weighted by atomic mass is 19.4. The van der Waals surface area contributed by atoms with Crippen molar-refractivity contribution in [2.24, 2.45) is 5.73 Å². The number of carboxylic acids is 2. The van der Waals surface area contributed by atoms with Crippen molar-refractivity contribution < 1.29 is 38.1 Å². The highest BCUT2D eigenvalue weighted by Crippen LogP contribution is 2.13. The number of carbonyl (C=O) groups is 2. The number of aliphatic hydroxyl groups excluding tert-OH is 1. The molecule has 0 aliphatic heterocycles. The van der Waals surface area contributed by atoms with Gasteiger partial charge in [-0.3, -0.25) is 0 Å². The molecule has 0 fully saturated rings. The molecule has 18 heavy (non-hydrogen) atoms. The van der Waals surface area contributed by atoms with Gasteiger partial charge in [0.15, 0.2) is 6.10 Å². The van der Waals surface area contributed by atoms with Gasteiger partial charge < -0.3 is 21.1 Å². The highest BCUT2D eigenvalue weighted by Gasteiger charge is 2.38. The summed E-state index contributed by atoms with van der Waals surface area (Å²) < 4.78 is 31.7. The summed E-state index contributed by atoms with van der Waals surface area (Å²) in [4.78, 5) is 19.1. The number of aliphatic hydroxyl groups is 1. The third kappa shape index (κ3) is 9.85. The smallest absolute Gasteiger partial charge is 0.479 e. The molecule has 0 aromatic carbocycles. The van der Waals surface area contributed by atoms with Crippen LogP contribution in [0, 0.1) is 0 Å². The fourth-order valence-corrected chi connectivity index (χ4v) is 0.781. The zero-order chi connectivity index (χ0) is 14.9. The fraction of sp³-hybridized carbons (Fsp3) is 0.778. The van der Waals surface area contributed by atoms with E-state index in [1.54, 1.807) is 0 Å². The van der Waals surface area contributed by atoms with Gasteiger partial charge in [0.25, 0.3) is 0 Å². The maximum atomic E-state index is 10.6. The topological polar surface area (TPSA) is 121 Å². The summed E-state index contributed by atoms with van der Waals surface area (Å²) in [7, 11) is 0. The molecule has 0 spiro atoms. The monoisotopic (exact) mass is 275 g/mol. The number of rotatable bonds is 5. The molecule has 0 amide bonds. The Balaban J connectivity index is 0. The summed E-state index contributed by atoms with van der Waals surface area (Å²) in [6.07, 6.45) is -4.13. The minimum Gasteiger partial charge on any atom is -0.479 e. The van der Waals surface area contributed by atoms with E-state index in [0.717, 1.165) is 12.8 Å². The van der Waals surface area contributed by atoms with E-state index in [0.29, 0.717) is 6.42 Å². The summed E-state index contributed by atoms with van der Waals surface area (Å²) in [5, 5.41) is 24.3. The first kappa shape index (κ1) is 19.0. The second-order valence-electron chi connectivity index (χ2n) is 3.39. The van der Waals surface area contributed by atoms with Crippen molar-refractivity contribution in [3.63, 3.8) is 0 Å². The van der Waals surface area contributed by atoms with Crippen molar-refractivity contribution in [3.05, 3.63) is 0 Å². The lowest BCUT2D eigenvalue weighted by molar-refractivity contribution is -0.192. The second kappa shape index (κ2) is 8.70. The Morgan fingerprint density at radius 3 is 1.89 bits per heavy atom. The molecule has 2 atom stereocenters. The molecule has 0 rings (SSSR count). The maximum Gasteiger partial charge on any atom is 0.490 e. The van der Waals surface area contributed by atoms with Crippen LogP contribution in [0.15, 0.2) is 0 Å². The van der Waals surface area contributed by atoms with Crippen molar-refractivity contribution in [2.45, 2.75) is 44.5 Å². The molecule has 0 radical (unpaired) electrons. The van der Waals surface area contributed by atoms with Gasteiger partial charge in [-0.05, 0) is 6.42 Å². The molecule has 0 unspecified atom stereocenters. The van der Waals surface area contributed by atoms with E-state index in [1.807, 2.05) is 6.92 Å². The lowest BCUT2D eigenvalue weighted by Crippen LogP contribution is -2.40. The molecule has 9 heteroatoms. The lowest BCUT2D eigenvalue weighted by atomic mass is 10.1. The van der Waals surface area contributed by atoms with Crippen LogP contribution in [-0.2, 0) is 9.59 Å². The van der Waals surface area contributed by atoms with Gasteiger partial charge in [-0.2, -0.15) is 13.2 Å². The van der Waals surface area contributed by atoms with Crippen molar-refractivity contribution in [1.82, 2.24) is 0 Å². The van der Waals surface area contributed by atoms with E-state index in [1.165, 1.54) is 0 Å². The normalized spacial score (nSPS) is 14.1. The molecular formula is C9H16F3NO5. The Hall–Kier alpha value is -1.35. The first-order valence-electron chi connectivity index (χ1n) is 5.00. The van der Waals surface area contributed by atoms with Crippen LogP contribution in [0.5, 0.6) is 0 Å². The second-order valence-corrected chi connectivity index (χ2v) is 3.39. The molecule has 0 aliphatic rings. The predicted octanol–water partition coefficient (Wildman–Crippen LogP) is 0.583. The minimum atomic E-state index is -5.08. The van der Waals surface area contributed by atoms with Crippen molar-refractivity contribution in [2.75, 3.05) is 0 Å². The number of hydrogen-bond acceptors (Lipinski definition) is 4. The van der Waals surface area contributed by atoms with E-state index in [4.69, 9.17) is 25.8 Å². The van der Waals surface area contributed by atoms with Crippen LogP contribution in [0.25, 0.3) is 0 Å². The van der Waals surface area contributed by atoms with Crippen LogP contribution in [-0.4, -0.2) is 45.6 Å². The Kier molecular flexibility index (Phi) is 9.18. The van der Waals surface area contributed by atoms with E-state index < -0.39 is 30.3 Å². The van der Waals surface area contributed by atoms with Gasteiger partial charge in [0, 0.05) is 6.04 Å². The molecule has 0 saturated carbocycles. The highest BCUT2D eigenvalue weighted by molar-refractivity contribution is 5.73. The Bertz CT molecular complexity index is 269. The Morgan fingerprint density at radius 2 is 1.67 bits per heavy atom. The van der Waals surface area contributed by atoms with Gasteiger partial charge in [0.05, 0.1) is 0 Å². The zero-order valence-electron chi connectivity index (χ0n) is 9.65. The number of aliphatic carboxylic acids is 2. The fourth-order valence-electron chi connectivity index (χ4n) is 0.781. The van der Waals surface area contributed by atoms with Gasteiger partial charge in [-0.25, -0.2) is 9.59 Å². The number of halogens is 3. The van der Waals surface area contributed by atoms with Crippen LogP contribution in [0.3, 0.4) is 0 Å². The molecular weight excluding hydrogens is 259 g/mol. The maximum absolute atomic E-state index is 10.6. The van der Waals surface area contributed by atoms with E-state index in [9.17, 15) is 18.0 Å². The standard InChI is InChI=1S/C7H15NO3.C2HF3O2/c1-2-3-4-5(8)6(9)7(10)11;3-2(4,5)1(6)7/h5-6,9H,2-4,8H2,1H3,(H,10,11);(H,6,7)/t5-,6-;/m0./s1. The first-order chi connectivity index (χ1) is 8.03. The van der Waals surface area contributed by atoms with Crippen LogP contribution in [0.4, 0.5) is 13.2 Å². The van der Waals surface area contributed by atoms with Gasteiger partial charge in [-0.1, -0.05) is 19.8 Å². The summed E-state index contributed by atoms with van der Waals surface area (Å²) in [5.74, 6) is -4.00. The third-order valence-electron chi connectivity index (χ3n) is 1.79. The number of carboxylic acid groups (broad SMARTS) is 2. The van der Waals surface area contributed by atoms with E-state index in [-0.39, 0.29) is 0 Å². The number of alkyl halides is 3. The molecule has 0 aromatic rings. The minimum absolute atomic E-state index is 0.559. The van der Waals surface area contributed by atoms with Gasteiger partial charge in [0.1, 0.15) is 0 Å². The third-order valence-corrected chi connectivity index (χ3v) is 1.79. The lowest BCUT2D eigenvalue weighted by Gasteiger charge is -2.13. The SMILES string of the molecule is CCCC[C@H](N)[C@H](O)C(=O)O.O=C(O)C(F)(F)F. The molecule has 5 N–H and O–H groups in total. The molecule has 108 valence electrons. The average molecular weight is 275 g/mol. The van der Waals surface area contributed by atoms with Crippen LogP contribution >= 0.6 is 0 Å². The summed E-state index contributed by atoms with van der Waals surface area (Å²) >= 11 is 0. The molecule has 0 aromatic heterocycles. The molecule has 0 bridgehead atoms. The van der Waals surface area contributed by atoms with E-state index >= 15 is 0 Å². The Labute approximate surface area is 101 Å². The van der Waals surface area contributed by atoms with E-state index in [2.05, 4.69) is 0 Å². The zero-order valence-corrected chi connectivity index (χ0v) is 9.65. The summed E-state index contributed by atoms with van der Waals surface area (Å²) in [5.41, 5.74) is 5.37. The van der Waals surface area contributed by atoms with Crippen molar-refractivity contribution in [3.8, 4) is 0 Å². The van der Waals surface area contributed by atoms with Crippen molar-refractivity contribution in [1.29, 1.82) is 0 Å². The van der Waals surface area contributed by atoms with Crippen molar-refractivity contribution >= 4 is 11.9 Å². The Morgan fingerprint density at radius 1 is 1.28 bits per heavy atom. The quantitative estimate of drug-likeness (QED) is 0.582. The van der Waals surface area contributed by atoms with Gasteiger partial charge in [0.2, 0.25) is 0 Å². The van der Waals surface area contributed by atoms with Crippen LogP contribution < -0.4 is 5.73 Å². The van der Waals surface area contributed by atoms with Crippen LogP contribution in [0.2, 0.25) is 0 Å². The number of nitrogens with two attached hydrogens (primary N) is 1. The summed E-state index contributed by atoms with van der Waals surface area (Å²) in [6, 6.07) is -0.632.